The van der Waals surface area contributed by atoms with Gasteiger partial charge in [-0.05, 0) is 47.2 Å². The SMILES string of the molecule is CC(c1ccccc1)n1c(Cn2nc(I)c3c(N)ncnc32)nn2cccc2c1=O. The first kappa shape index (κ1) is 18.7. The van der Waals surface area contributed by atoms with Crippen molar-refractivity contribution in [3.8, 4) is 0 Å². The maximum absolute atomic E-state index is 13.4. The van der Waals surface area contributed by atoms with Gasteiger partial charge < -0.3 is 5.73 Å². The molecule has 0 aliphatic rings. The lowest BCUT2D eigenvalue weighted by molar-refractivity contribution is 0.519. The third kappa shape index (κ3) is 2.95. The van der Waals surface area contributed by atoms with Gasteiger partial charge in [-0.15, -0.1) is 0 Å². The molecule has 0 bridgehead atoms. The van der Waals surface area contributed by atoms with Crippen LogP contribution < -0.4 is 11.3 Å². The Balaban J connectivity index is 1.71. The van der Waals surface area contributed by atoms with E-state index in [1.807, 2.05) is 43.3 Å². The largest absolute Gasteiger partial charge is 0.383 e. The molecule has 9 nitrogen and oxygen atoms in total. The van der Waals surface area contributed by atoms with Crippen molar-refractivity contribution in [1.82, 2.24) is 33.9 Å². The molecule has 1 aromatic carbocycles. The quantitative estimate of drug-likeness (QED) is 0.371. The Labute approximate surface area is 184 Å². The van der Waals surface area contributed by atoms with Gasteiger partial charge in [0, 0.05) is 6.20 Å². The summed E-state index contributed by atoms with van der Waals surface area (Å²) < 4.78 is 5.73. The Morgan fingerprint density at radius 1 is 1.10 bits per heavy atom. The van der Waals surface area contributed by atoms with Crippen molar-refractivity contribution in [2.45, 2.75) is 19.5 Å². The van der Waals surface area contributed by atoms with Crippen molar-refractivity contribution in [2.24, 2.45) is 0 Å². The monoisotopic (exact) mass is 512 g/mol. The Morgan fingerprint density at radius 3 is 2.70 bits per heavy atom. The van der Waals surface area contributed by atoms with Crippen LogP contribution in [0.5, 0.6) is 0 Å². The van der Waals surface area contributed by atoms with E-state index in [-0.39, 0.29) is 18.1 Å². The lowest BCUT2D eigenvalue weighted by Gasteiger charge is -2.20. The van der Waals surface area contributed by atoms with Gasteiger partial charge in [0.15, 0.2) is 11.5 Å². The third-order valence-corrected chi connectivity index (χ3v) is 5.90. The fourth-order valence-corrected chi connectivity index (χ4v) is 4.44. The number of anilines is 1. The molecular weight excluding hydrogens is 495 g/mol. The van der Waals surface area contributed by atoms with Crippen molar-refractivity contribution >= 4 is 45.0 Å². The number of hydrogen-bond donors (Lipinski definition) is 1. The van der Waals surface area contributed by atoms with Crippen LogP contribution in [0.4, 0.5) is 5.82 Å². The zero-order valence-electron chi connectivity index (χ0n) is 16.0. The van der Waals surface area contributed by atoms with Gasteiger partial charge in [0.1, 0.15) is 27.9 Å². The van der Waals surface area contributed by atoms with Gasteiger partial charge in [-0.3, -0.25) is 9.36 Å². The molecule has 10 heteroatoms. The maximum atomic E-state index is 13.4. The molecule has 5 aromatic rings. The summed E-state index contributed by atoms with van der Waals surface area (Å²) in [6.45, 7) is 2.25. The van der Waals surface area contributed by atoms with Crippen molar-refractivity contribution in [1.29, 1.82) is 0 Å². The second kappa shape index (κ2) is 7.20. The molecule has 0 fully saturated rings. The van der Waals surface area contributed by atoms with E-state index in [9.17, 15) is 4.79 Å². The molecule has 5 rings (SSSR count). The van der Waals surface area contributed by atoms with Crippen LogP contribution in [0.15, 0.2) is 59.8 Å². The van der Waals surface area contributed by atoms with Gasteiger partial charge in [-0.2, -0.15) is 10.2 Å². The standard InChI is InChI=1S/C20H17IN8O/c1-12(13-6-3-2-4-7-13)29-15(25-27-9-5-8-14(27)20(29)30)10-28-19-16(17(21)26-28)18(22)23-11-24-19/h2-9,11-12H,10H2,1H3,(H2,22,23,24). The molecule has 0 spiro atoms. The molecule has 0 saturated heterocycles. The van der Waals surface area contributed by atoms with E-state index in [0.717, 1.165) is 5.56 Å². The molecule has 4 heterocycles. The summed E-state index contributed by atoms with van der Waals surface area (Å²) in [4.78, 5) is 21.8. The summed E-state index contributed by atoms with van der Waals surface area (Å²) in [7, 11) is 0. The zero-order valence-corrected chi connectivity index (χ0v) is 18.1. The van der Waals surface area contributed by atoms with Crippen LogP contribution in [0.1, 0.15) is 24.4 Å². The predicted octanol–water partition coefficient (Wildman–Crippen LogP) is 2.48. The van der Waals surface area contributed by atoms with Crippen LogP contribution >= 0.6 is 22.6 Å². The smallest absolute Gasteiger partial charge is 0.278 e. The molecule has 30 heavy (non-hydrogen) atoms. The van der Waals surface area contributed by atoms with Crippen molar-refractivity contribution < 1.29 is 0 Å². The highest BCUT2D eigenvalue weighted by molar-refractivity contribution is 14.1. The topological polar surface area (TPSA) is 109 Å². The Kier molecular flexibility index (Phi) is 4.50. The maximum Gasteiger partial charge on any atom is 0.278 e. The highest BCUT2D eigenvalue weighted by atomic mass is 127. The number of aromatic nitrogens is 7. The van der Waals surface area contributed by atoms with Crippen molar-refractivity contribution in [3.63, 3.8) is 0 Å². The number of halogens is 1. The van der Waals surface area contributed by atoms with Crippen LogP contribution in [-0.4, -0.2) is 33.9 Å². The minimum Gasteiger partial charge on any atom is -0.383 e. The number of nitrogen functional groups attached to an aromatic ring is 1. The van der Waals surface area contributed by atoms with Crippen molar-refractivity contribution in [2.75, 3.05) is 5.73 Å². The molecule has 1 unspecified atom stereocenters. The van der Waals surface area contributed by atoms with E-state index >= 15 is 0 Å². The van der Waals surface area contributed by atoms with Gasteiger partial charge in [0.05, 0.1) is 11.4 Å². The van der Waals surface area contributed by atoms with Crippen molar-refractivity contribution in [3.05, 3.63) is 80.4 Å². The summed E-state index contributed by atoms with van der Waals surface area (Å²) >= 11 is 2.11. The highest BCUT2D eigenvalue weighted by Gasteiger charge is 2.20. The van der Waals surface area contributed by atoms with Gasteiger partial charge in [-0.25, -0.2) is 19.2 Å². The Bertz CT molecular complexity index is 1440. The average Bonchev–Trinajstić information content (AvgIpc) is 3.34. The van der Waals surface area contributed by atoms with E-state index in [1.165, 1.54) is 6.33 Å². The molecule has 2 N–H and O–H groups in total. The number of fused-ring (bicyclic) bond motifs is 2. The van der Waals surface area contributed by atoms with Gasteiger partial charge in [-0.1, -0.05) is 30.3 Å². The molecule has 150 valence electrons. The van der Waals surface area contributed by atoms with E-state index in [4.69, 9.17) is 10.8 Å². The summed E-state index contributed by atoms with van der Waals surface area (Å²) in [5.74, 6) is 0.942. The third-order valence-electron chi connectivity index (χ3n) is 5.14. The minimum atomic E-state index is -0.207. The number of hydrogen-bond acceptors (Lipinski definition) is 6. The summed E-state index contributed by atoms with van der Waals surface area (Å²) in [5, 5.41) is 9.99. The summed E-state index contributed by atoms with van der Waals surface area (Å²) in [6.07, 6.45) is 3.18. The first-order valence-corrected chi connectivity index (χ1v) is 10.4. The molecule has 0 saturated carbocycles. The normalized spacial score (nSPS) is 12.6. The zero-order chi connectivity index (χ0) is 20.8. The number of rotatable bonds is 4. The van der Waals surface area contributed by atoms with Crippen LogP contribution in [0, 0.1) is 3.70 Å². The molecule has 0 aliphatic carbocycles. The Morgan fingerprint density at radius 2 is 1.90 bits per heavy atom. The lowest BCUT2D eigenvalue weighted by atomic mass is 10.1. The number of nitrogens with two attached hydrogens (primary N) is 1. The van der Waals surface area contributed by atoms with Gasteiger partial charge >= 0.3 is 0 Å². The highest BCUT2D eigenvalue weighted by Crippen LogP contribution is 2.24. The van der Waals surface area contributed by atoms with E-state index in [1.54, 1.807) is 26.0 Å². The van der Waals surface area contributed by atoms with E-state index < -0.39 is 0 Å². The fraction of sp³-hybridized carbons (Fsp3) is 0.150. The second-order valence-electron chi connectivity index (χ2n) is 6.92. The molecule has 4 aromatic heterocycles. The van der Waals surface area contributed by atoms with Crippen LogP contribution in [-0.2, 0) is 6.54 Å². The Hall–Kier alpha value is -3.28. The molecule has 0 radical (unpaired) electrons. The average molecular weight is 512 g/mol. The first-order chi connectivity index (χ1) is 14.5. The van der Waals surface area contributed by atoms with Gasteiger partial charge in [0.25, 0.3) is 5.56 Å². The van der Waals surface area contributed by atoms with Crippen LogP contribution in [0.3, 0.4) is 0 Å². The number of benzene rings is 1. The predicted molar refractivity (Wildman–Crippen MR) is 121 cm³/mol. The minimum absolute atomic E-state index is 0.110. The molecule has 0 amide bonds. The summed E-state index contributed by atoms with van der Waals surface area (Å²) in [5.41, 5.74) is 8.05. The fourth-order valence-electron chi connectivity index (χ4n) is 3.66. The van der Waals surface area contributed by atoms with E-state index in [2.05, 4.69) is 37.7 Å². The van der Waals surface area contributed by atoms with Crippen LogP contribution in [0.2, 0.25) is 0 Å². The lowest BCUT2D eigenvalue weighted by Crippen LogP contribution is -2.31. The van der Waals surface area contributed by atoms with E-state index in [0.29, 0.717) is 31.9 Å². The molecule has 0 aliphatic heterocycles. The second-order valence-corrected chi connectivity index (χ2v) is 7.94. The summed E-state index contributed by atoms with van der Waals surface area (Å²) in [6, 6.07) is 13.3. The van der Waals surface area contributed by atoms with Gasteiger partial charge in [0.2, 0.25) is 0 Å². The van der Waals surface area contributed by atoms with Crippen LogP contribution in [0.25, 0.3) is 16.6 Å². The first-order valence-electron chi connectivity index (χ1n) is 9.31. The number of nitrogens with zero attached hydrogens (tertiary/aromatic N) is 7. The molecular formula is C20H17IN8O. The molecule has 1 atom stereocenters.